The lowest BCUT2D eigenvalue weighted by atomic mass is 9.93. The van der Waals surface area contributed by atoms with Crippen molar-refractivity contribution in [3.63, 3.8) is 0 Å². The smallest absolute Gasteiger partial charge is 0.339 e. The summed E-state index contributed by atoms with van der Waals surface area (Å²) in [5.74, 6) is -0.927. The van der Waals surface area contributed by atoms with Crippen LogP contribution in [0.4, 0.5) is 5.69 Å². The number of nitrogens with zero attached hydrogens (tertiary/aromatic N) is 1. The number of fused-ring (bicyclic) bond motifs is 1. The van der Waals surface area contributed by atoms with Gasteiger partial charge in [0.1, 0.15) is 5.56 Å². The second kappa shape index (κ2) is 5.48. The molecule has 2 aromatic heterocycles. The van der Waals surface area contributed by atoms with Crippen molar-refractivity contribution in [1.82, 2.24) is 4.98 Å². The summed E-state index contributed by atoms with van der Waals surface area (Å²) in [6.07, 6.45) is 3.30. The van der Waals surface area contributed by atoms with Crippen molar-refractivity contribution in [1.29, 1.82) is 0 Å². The molecule has 0 spiro atoms. The number of hydrogen-bond acceptors (Lipinski definition) is 4. The van der Waals surface area contributed by atoms with E-state index < -0.39 is 5.97 Å². The first kappa shape index (κ1) is 14.1. The predicted octanol–water partition coefficient (Wildman–Crippen LogP) is 3.95. The molecule has 0 saturated carbocycles. The van der Waals surface area contributed by atoms with E-state index in [1.807, 2.05) is 13.0 Å². The second-order valence-corrected chi connectivity index (χ2v) is 6.47. The summed E-state index contributed by atoms with van der Waals surface area (Å²) in [7, 11) is 0. The minimum Gasteiger partial charge on any atom is -0.478 e. The maximum Gasteiger partial charge on any atom is 0.339 e. The Balaban J connectivity index is 1.98. The first-order valence-corrected chi connectivity index (χ1v) is 7.98. The van der Waals surface area contributed by atoms with E-state index in [0.717, 1.165) is 25.0 Å². The second-order valence-electron chi connectivity index (χ2n) is 5.47. The highest BCUT2D eigenvalue weighted by Gasteiger charge is 2.24. The fourth-order valence-electron chi connectivity index (χ4n) is 3.04. The maximum atomic E-state index is 11.5. The molecule has 2 aromatic rings. The van der Waals surface area contributed by atoms with Crippen molar-refractivity contribution in [2.75, 3.05) is 5.32 Å². The van der Waals surface area contributed by atoms with Crippen molar-refractivity contribution < 1.29 is 9.90 Å². The van der Waals surface area contributed by atoms with Gasteiger partial charge in [-0.3, -0.25) is 4.98 Å². The molecule has 2 N–H and O–H groups in total. The summed E-state index contributed by atoms with van der Waals surface area (Å²) >= 11 is 1.79. The van der Waals surface area contributed by atoms with Crippen LogP contribution in [0, 0.1) is 13.8 Å². The van der Waals surface area contributed by atoms with Gasteiger partial charge in [0.15, 0.2) is 0 Å². The molecule has 4 nitrogen and oxygen atoms in total. The molecule has 110 valence electrons. The molecule has 0 bridgehead atoms. The number of hydrogen-bond donors (Lipinski definition) is 2. The van der Waals surface area contributed by atoms with Crippen LogP contribution in [-0.2, 0) is 6.42 Å². The van der Waals surface area contributed by atoms with E-state index in [9.17, 15) is 9.90 Å². The van der Waals surface area contributed by atoms with E-state index in [1.165, 1.54) is 10.4 Å². The number of nitrogens with one attached hydrogen (secondary N) is 1. The van der Waals surface area contributed by atoms with Crippen LogP contribution < -0.4 is 5.32 Å². The Labute approximate surface area is 127 Å². The van der Waals surface area contributed by atoms with Crippen LogP contribution in [0.3, 0.4) is 0 Å². The van der Waals surface area contributed by atoms with Gasteiger partial charge in [0.25, 0.3) is 0 Å². The van der Waals surface area contributed by atoms with E-state index in [2.05, 4.69) is 21.7 Å². The summed E-state index contributed by atoms with van der Waals surface area (Å²) < 4.78 is 0. The topological polar surface area (TPSA) is 62.2 Å². The highest BCUT2D eigenvalue weighted by molar-refractivity contribution is 7.10. The van der Waals surface area contributed by atoms with E-state index >= 15 is 0 Å². The number of rotatable bonds is 3. The molecule has 0 aromatic carbocycles. The molecule has 0 aliphatic heterocycles. The van der Waals surface area contributed by atoms with Gasteiger partial charge in [0.2, 0.25) is 0 Å². The fraction of sp³-hybridized carbons (Fsp3) is 0.375. The molecule has 3 rings (SSSR count). The SMILES string of the molecule is Cc1cc(NC2CCCc3sccc32)c(C(=O)O)c(C)n1. The van der Waals surface area contributed by atoms with Crippen molar-refractivity contribution in [2.24, 2.45) is 0 Å². The van der Waals surface area contributed by atoms with Crippen LogP contribution in [0.5, 0.6) is 0 Å². The van der Waals surface area contributed by atoms with Crippen LogP contribution in [0.2, 0.25) is 0 Å². The number of pyridine rings is 1. The Morgan fingerprint density at radius 1 is 1.48 bits per heavy atom. The van der Waals surface area contributed by atoms with Gasteiger partial charge in [-0.25, -0.2) is 4.79 Å². The molecule has 0 amide bonds. The first-order chi connectivity index (χ1) is 10.1. The summed E-state index contributed by atoms with van der Waals surface area (Å²) in [5.41, 5.74) is 3.67. The average Bonchev–Trinajstić information content (AvgIpc) is 2.86. The maximum absolute atomic E-state index is 11.5. The third-order valence-corrected chi connectivity index (χ3v) is 4.92. The summed E-state index contributed by atoms with van der Waals surface area (Å²) in [4.78, 5) is 17.2. The van der Waals surface area contributed by atoms with Gasteiger partial charge in [-0.2, -0.15) is 0 Å². The molecule has 5 heteroatoms. The number of aromatic nitrogens is 1. The first-order valence-electron chi connectivity index (χ1n) is 7.10. The minimum absolute atomic E-state index is 0.194. The Bertz CT molecular complexity index is 694. The molecular weight excluding hydrogens is 284 g/mol. The molecule has 1 unspecified atom stereocenters. The van der Waals surface area contributed by atoms with Gasteiger partial charge in [0, 0.05) is 10.6 Å². The monoisotopic (exact) mass is 302 g/mol. The fourth-order valence-corrected chi connectivity index (χ4v) is 4.02. The van der Waals surface area contributed by atoms with Gasteiger partial charge < -0.3 is 10.4 Å². The molecule has 0 saturated heterocycles. The van der Waals surface area contributed by atoms with E-state index in [-0.39, 0.29) is 11.6 Å². The molecule has 2 heterocycles. The Morgan fingerprint density at radius 2 is 2.29 bits per heavy atom. The molecule has 1 aliphatic rings. The molecule has 1 aliphatic carbocycles. The van der Waals surface area contributed by atoms with Gasteiger partial charge in [0.05, 0.1) is 17.4 Å². The number of carbonyl (C=O) groups is 1. The van der Waals surface area contributed by atoms with Crippen LogP contribution in [0.15, 0.2) is 17.5 Å². The lowest BCUT2D eigenvalue weighted by Gasteiger charge is -2.26. The lowest BCUT2D eigenvalue weighted by molar-refractivity contribution is 0.0696. The van der Waals surface area contributed by atoms with E-state index in [4.69, 9.17) is 0 Å². The number of aryl methyl sites for hydroxylation is 3. The van der Waals surface area contributed by atoms with Gasteiger partial charge in [-0.1, -0.05) is 0 Å². The summed E-state index contributed by atoms with van der Waals surface area (Å²) in [5, 5.41) is 15.0. The molecule has 0 radical (unpaired) electrons. The van der Waals surface area contributed by atoms with Gasteiger partial charge >= 0.3 is 5.97 Å². The molecular formula is C16H18N2O2S. The van der Waals surface area contributed by atoms with Gasteiger partial charge in [-0.15, -0.1) is 11.3 Å². The zero-order valence-electron chi connectivity index (χ0n) is 12.1. The Hall–Kier alpha value is -1.88. The number of anilines is 1. The Morgan fingerprint density at radius 3 is 3.05 bits per heavy atom. The largest absolute Gasteiger partial charge is 0.478 e. The zero-order chi connectivity index (χ0) is 15.0. The number of carboxylic acids is 1. The van der Waals surface area contributed by atoms with E-state index in [1.54, 1.807) is 18.3 Å². The number of thiophene rings is 1. The Kier molecular flexibility index (Phi) is 3.68. The minimum atomic E-state index is -0.927. The van der Waals surface area contributed by atoms with Crippen molar-refractivity contribution in [3.8, 4) is 0 Å². The zero-order valence-corrected chi connectivity index (χ0v) is 13.0. The highest BCUT2D eigenvalue weighted by atomic mass is 32.1. The standard InChI is InChI=1S/C16H18N2O2S/c1-9-8-13(15(16(19)20)10(2)17-9)18-12-4-3-5-14-11(12)6-7-21-14/h6-8,12H,3-5H2,1-2H3,(H,17,18)(H,19,20). The molecule has 21 heavy (non-hydrogen) atoms. The van der Waals surface area contributed by atoms with Crippen LogP contribution >= 0.6 is 11.3 Å². The normalized spacial score (nSPS) is 17.3. The quantitative estimate of drug-likeness (QED) is 0.901. The highest BCUT2D eigenvalue weighted by Crippen LogP contribution is 2.36. The van der Waals surface area contributed by atoms with Crippen molar-refractivity contribution in [2.45, 2.75) is 39.2 Å². The predicted molar refractivity (Wildman–Crippen MR) is 84.3 cm³/mol. The average molecular weight is 302 g/mol. The van der Waals surface area contributed by atoms with E-state index in [0.29, 0.717) is 11.4 Å². The van der Waals surface area contributed by atoms with Crippen LogP contribution in [0.25, 0.3) is 0 Å². The lowest BCUT2D eigenvalue weighted by Crippen LogP contribution is -2.18. The molecule has 0 fully saturated rings. The summed E-state index contributed by atoms with van der Waals surface area (Å²) in [6, 6.07) is 4.18. The third kappa shape index (κ3) is 2.65. The van der Waals surface area contributed by atoms with Crippen LogP contribution in [-0.4, -0.2) is 16.1 Å². The van der Waals surface area contributed by atoms with Crippen molar-refractivity contribution in [3.05, 3.63) is 44.9 Å². The third-order valence-electron chi connectivity index (χ3n) is 3.92. The van der Waals surface area contributed by atoms with Crippen LogP contribution in [0.1, 0.15) is 51.1 Å². The number of carboxylic acid groups (broad SMARTS) is 1. The summed E-state index contributed by atoms with van der Waals surface area (Å²) in [6.45, 7) is 3.64. The molecule has 1 atom stereocenters. The van der Waals surface area contributed by atoms with Gasteiger partial charge in [-0.05, 0) is 56.2 Å². The number of aromatic carboxylic acids is 1. The van der Waals surface area contributed by atoms with Crippen molar-refractivity contribution >= 4 is 23.0 Å².